The average molecular weight is 345 g/mol. The number of aromatic hydroxyl groups is 1. The number of hydrogen-bond acceptors (Lipinski definition) is 7. The van der Waals surface area contributed by atoms with Gasteiger partial charge in [0.05, 0.1) is 13.4 Å². The van der Waals surface area contributed by atoms with E-state index < -0.39 is 6.08 Å². The SMILES string of the molecule is COc1ccc(Nc2nc(F)nc3c2ncn3C2CCCO2)cc1O. The van der Waals surface area contributed by atoms with Crippen LogP contribution >= 0.6 is 0 Å². The Kier molecular flexibility index (Phi) is 3.85. The van der Waals surface area contributed by atoms with E-state index in [1.54, 1.807) is 23.0 Å². The van der Waals surface area contributed by atoms with E-state index in [1.807, 2.05) is 0 Å². The largest absolute Gasteiger partial charge is 0.504 e. The number of anilines is 2. The van der Waals surface area contributed by atoms with Crippen molar-refractivity contribution in [2.24, 2.45) is 0 Å². The highest BCUT2D eigenvalue weighted by Gasteiger charge is 2.22. The number of imidazole rings is 1. The van der Waals surface area contributed by atoms with Gasteiger partial charge in [0, 0.05) is 18.4 Å². The summed E-state index contributed by atoms with van der Waals surface area (Å²) in [5, 5.41) is 12.8. The second-order valence-electron chi connectivity index (χ2n) is 5.64. The summed E-state index contributed by atoms with van der Waals surface area (Å²) in [4.78, 5) is 11.9. The van der Waals surface area contributed by atoms with Crippen molar-refractivity contribution in [2.75, 3.05) is 19.0 Å². The third-order valence-electron chi connectivity index (χ3n) is 4.05. The van der Waals surface area contributed by atoms with Gasteiger partial charge in [0.2, 0.25) is 0 Å². The van der Waals surface area contributed by atoms with E-state index in [-0.39, 0.29) is 17.8 Å². The Morgan fingerprint density at radius 3 is 3.00 bits per heavy atom. The van der Waals surface area contributed by atoms with Gasteiger partial charge in [-0.05, 0) is 25.0 Å². The molecule has 1 fully saturated rings. The number of phenols is 1. The number of halogens is 1. The van der Waals surface area contributed by atoms with Crippen molar-refractivity contribution in [1.29, 1.82) is 0 Å². The number of nitrogens with zero attached hydrogens (tertiary/aromatic N) is 4. The first kappa shape index (κ1) is 15.6. The minimum absolute atomic E-state index is 0.0387. The number of ether oxygens (including phenoxy) is 2. The lowest BCUT2D eigenvalue weighted by Gasteiger charge is -2.12. The van der Waals surface area contributed by atoms with Gasteiger partial charge in [0.1, 0.15) is 6.23 Å². The second kappa shape index (κ2) is 6.17. The number of aromatic nitrogens is 4. The molecule has 1 aliphatic rings. The number of hydrogen-bond donors (Lipinski definition) is 2. The predicted octanol–water partition coefficient (Wildman–Crippen LogP) is 2.73. The molecular weight excluding hydrogens is 329 g/mol. The molecule has 0 bridgehead atoms. The Morgan fingerprint density at radius 2 is 2.28 bits per heavy atom. The first-order chi connectivity index (χ1) is 12.2. The molecule has 0 spiro atoms. The molecule has 3 aromatic rings. The smallest absolute Gasteiger partial charge is 0.312 e. The van der Waals surface area contributed by atoms with Crippen LogP contribution in [0.2, 0.25) is 0 Å². The first-order valence-corrected chi connectivity index (χ1v) is 7.81. The molecule has 0 aliphatic carbocycles. The minimum Gasteiger partial charge on any atom is -0.504 e. The number of rotatable bonds is 4. The minimum atomic E-state index is -0.868. The molecule has 9 heteroatoms. The molecular formula is C16H16FN5O3. The van der Waals surface area contributed by atoms with Gasteiger partial charge in [-0.15, -0.1) is 0 Å². The van der Waals surface area contributed by atoms with E-state index in [2.05, 4.69) is 20.3 Å². The van der Waals surface area contributed by atoms with Crippen LogP contribution < -0.4 is 10.1 Å². The maximum atomic E-state index is 13.9. The summed E-state index contributed by atoms with van der Waals surface area (Å²) in [7, 11) is 1.46. The molecule has 1 atom stereocenters. The summed E-state index contributed by atoms with van der Waals surface area (Å²) in [6.45, 7) is 0.661. The number of benzene rings is 1. The molecule has 1 unspecified atom stereocenters. The van der Waals surface area contributed by atoms with Crippen molar-refractivity contribution in [2.45, 2.75) is 19.1 Å². The summed E-state index contributed by atoms with van der Waals surface area (Å²) < 4.78 is 26.3. The molecule has 25 heavy (non-hydrogen) atoms. The predicted molar refractivity (Wildman–Crippen MR) is 87.4 cm³/mol. The molecule has 4 rings (SSSR count). The molecule has 0 saturated carbocycles. The third kappa shape index (κ3) is 2.82. The topological polar surface area (TPSA) is 94.3 Å². The number of methoxy groups -OCH3 is 1. The van der Waals surface area contributed by atoms with Crippen LogP contribution in [0.1, 0.15) is 19.1 Å². The van der Waals surface area contributed by atoms with Crippen LogP contribution in [0.4, 0.5) is 15.9 Å². The molecule has 3 heterocycles. The van der Waals surface area contributed by atoms with Crippen LogP contribution in [0.25, 0.3) is 11.2 Å². The standard InChI is InChI=1S/C16H16FN5O3/c1-24-11-5-4-9(7-10(11)23)19-14-13-15(21-16(17)20-14)22(8-18-13)12-3-2-6-25-12/h4-5,7-8,12,23H,2-3,6H2,1H3,(H,19,20,21). The van der Waals surface area contributed by atoms with E-state index in [1.165, 1.54) is 13.2 Å². The van der Waals surface area contributed by atoms with Gasteiger partial charge in [0.15, 0.2) is 28.5 Å². The number of nitrogens with one attached hydrogen (secondary N) is 1. The van der Waals surface area contributed by atoms with E-state index in [9.17, 15) is 9.50 Å². The number of fused-ring (bicyclic) bond motifs is 1. The van der Waals surface area contributed by atoms with Crippen molar-refractivity contribution < 1.29 is 19.0 Å². The normalized spacial score (nSPS) is 17.1. The molecule has 0 radical (unpaired) electrons. The Balaban J connectivity index is 1.73. The van der Waals surface area contributed by atoms with Crippen LogP contribution in [0.15, 0.2) is 24.5 Å². The first-order valence-electron chi connectivity index (χ1n) is 7.81. The molecule has 1 aliphatic heterocycles. The van der Waals surface area contributed by atoms with Crippen LogP contribution in [0, 0.1) is 6.08 Å². The molecule has 1 saturated heterocycles. The van der Waals surface area contributed by atoms with Gasteiger partial charge in [0.25, 0.3) is 0 Å². The zero-order valence-electron chi connectivity index (χ0n) is 13.4. The average Bonchev–Trinajstić information content (AvgIpc) is 3.24. The lowest BCUT2D eigenvalue weighted by atomic mass is 10.2. The van der Waals surface area contributed by atoms with Crippen LogP contribution in [-0.2, 0) is 4.74 Å². The maximum Gasteiger partial charge on any atom is 0.312 e. The van der Waals surface area contributed by atoms with Crippen LogP contribution in [-0.4, -0.2) is 38.3 Å². The van der Waals surface area contributed by atoms with Crippen LogP contribution in [0.5, 0.6) is 11.5 Å². The Morgan fingerprint density at radius 1 is 1.40 bits per heavy atom. The fourth-order valence-electron chi connectivity index (χ4n) is 2.87. The van der Waals surface area contributed by atoms with Gasteiger partial charge in [-0.1, -0.05) is 0 Å². The van der Waals surface area contributed by atoms with Gasteiger partial charge >= 0.3 is 6.08 Å². The van der Waals surface area contributed by atoms with E-state index >= 15 is 0 Å². The highest BCUT2D eigenvalue weighted by molar-refractivity contribution is 5.85. The highest BCUT2D eigenvalue weighted by atomic mass is 19.1. The zero-order valence-corrected chi connectivity index (χ0v) is 13.4. The fraction of sp³-hybridized carbons (Fsp3) is 0.312. The van der Waals surface area contributed by atoms with Gasteiger partial charge < -0.3 is 19.9 Å². The molecule has 1 aromatic carbocycles. The van der Waals surface area contributed by atoms with E-state index in [0.29, 0.717) is 29.2 Å². The van der Waals surface area contributed by atoms with Crippen LogP contribution in [0.3, 0.4) is 0 Å². The quantitative estimate of drug-likeness (QED) is 0.702. The molecule has 2 aromatic heterocycles. The number of phenolic OH excluding ortho intramolecular Hbond substituents is 1. The summed E-state index contributed by atoms with van der Waals surface area (Å²) in [5.74, 6) is 0.513. The van der Waals surface area contributed by atoms with E-state index in [0.717, 1.165) is 12.8 Å². The summed E-state index contributed by atoms with van der Waals surface area (Å²) in [5.41, 5.74) is 1.30. The summed E-state index contributed by atoms with van der Waals surface area (Å²) in [6, 6.07) is 4.74. The zero-order chi connectivity index (χ0) is 17.4. The lowest BCUT2D eigenvalue weighted by molar-refractivity contribution is 0.0592. The molecule has 0 amide bonds. The molecule has 8 nitrogen and oxygen atoms in total. The van der Waals surface area contributed by atoms with Crippen molar-refractivity contribution in [3.05, 3.63) is 30.6 Å². The van der Waals surface area contributed by atoms with Gasteiger partial charge in [-0.25, -0.2) is 4.98 Å². The summed E-state index contributed by atoms with van der Waals surface area (Å²) >= 11 is 0. The monoisotopic (exact) mass is 345 g/mol. The van der Waals surface area contributed by atoms with Crippen molar-refractivity contribution in [3.8, 4) is 11.5 Å². The van der Waals surface area contributed by atoms with Gasteiger partial charge in [-0.3, -0.25) is 4.57 Å². The Hall–Kier alpha value is -2.94. The molecule has 130 valence electrons. The fourth-order valence-corrected chi connectivity index (χ4v) is 2.87. The Labute approximate surface area is 142 Å². The highest BCUT2D eigenvalue weighted by Crippen LogP contribution is 2.32. The van der Waals surface area contributed by atoms with Crippen molar-refractivity contribution >= 4 is 22.7 Å². The van der Waals surface area contributed by atoms with E-state index in [4.69, 9.17) is 9.47 Å². The van der Waals surface area contributed by atoms with Gasteiger partial charge in [-0.2, -0.15) is 14.4 Å². The second-order valence-corrected chi connectivity index (χ2v) is 5.64. The molecule has 2 N–H and O–H groups in total. The van der Waals surface area contributed by atoms with Crippen molar-refractivity contribution in [1.82, 2.24) is 19.5 Å². The summed E-state index contributed by atoms with van der Waals surface area (Å²) in [6.07, 6.45) is 2.27. The Bertz CT molecular complexity index is 924. The third-order valence-corrected chi connectivity index (χ3v) is 4.05. The van der Waals surface area contributed by atoms with Crippen molar-refractivity contribution in [3.63, 3.8) is 0 Å². The lowest BCUT2D eigenvalue weighted by Crippen LogP contribution is -2.08. The maximum absolute atomic E-state index is 13.9.